The van der Waals surface area contributed by atoms with Crippen molar-refractivity contribution in [2.24, 2.45) is 5.73 Å². The number of thiol groups is 1. The van der Waals surface area contributed by atoms with Crippen LogP contribution in [0.2, 0.25) is 0 Å². The molecule has 1 aromatic heterocycles. The summed E-state index contributed by atoms with van der Waals surface area (Å²) in [6, 6.07) is 3.70. The number of aromatic amines is 1. The molecule has 0 amide bonds. The highest BCUT2D eigenvalue weighted by Crippen LogP contribution is 2.24. The molecule has 0 aliphatic rings. The van der Waals surface area contributed by atoms with Gasteiger partial charge in [-0.15, -0.1) is 0 Å². The van der Waals surface area contributed by atoms with Crippen LogP contribution >= 0.6 is 12.6 Å². The number of nitrogens with two attached hydrogens (primary N) is 1. The molecule has 1 aromatic carbocycles. The van der Waals surface area contributed by atoms with Crippen LogP contribution in [0.4, 0.5) is 4.39 Å². The molecule has 0 spiro atoms. The fourth-order valence-corrected chi connectivity index (χ4v) is 1.99. The first-order valence-electron chi connectivity index (χ1n) is 4.86. The number of fused-ring (bicyclic) bond motifs is 1. The van der Waals surface area contributed by atoms with Gasteiger partial charge >= 0.3 is 0 Å². The number of halogens is 1. The number of rotatable bonds is 3. The van der Waals surface area contributed by atoms with Gasteiger partial charge in [-0.05, 0) is 24.1 Å². The molecule has 0 unspecified atom stereocenters. The van der Waals surface area contributed by atoms with Crippen molar-refractivity contribution in [3.05, 3.63) is 35.3 Å². The van der Waals surface area contributed by atoms with Crippen molar-refractivity contribution in [3.8, 4) is 0 Å². The zero-order valence-corrected chi connectivity index (χ0v) is 9.15. The van der Waals surface area contributed by atoms with Crippen LogP contribution in [-0.2, 0) is 12.2 Å². The van der Waals surface area contributed by atoms with Crippen molar-refractivity contribution in [2.45, 2.75) is 12.2 Å². The minimum Gasteiger partial charge on any atom is -0.359 e. The van der Waals surface area contributed by atoms with Crippen LogP contribution in [0.5, 0.6) is 0 Å². The third-order valence-electron chi connectivity index (χ3n) is 2.54. The normalized spacial score (nSPS) is 11.1. The molecule has 1 heterocycles. The molecule has 2 rings (SSSR count). The summed E-state index contributed by atoms with van der Waals surface area (Å²) in [7, 11) is 0. The predicted molar refractivity (Wildman–Crippen MR) is 63.7 cm³/mol. The molecule has 3 N–H and O–H groups in total. The second-order valence-electron chi connectivity index (χ2n) is 3.47. The number of hydrogen-bond acceptors (Lipinski definition) is 2. The van der Waals surface area contributed by atoms with Gasteiger partial charge in [0.15, 0.2) is 5.82 Å². The van der Waals surface area contributed by atoms with E-state index in [0.717, 1.165) is 17.4 Å². The molecule has 0 saturated carbocycles. The average Bonchev–Trinajstić information content (AvgIpc) is 2.64. The molecule has 4 heteroatoms. The van der Waals surface area contributed by atoms with Crippen LogP contribution in [0.3, 0.4) is 0 Å². The summed E-state index contributed by atoms with van der Waals surface area (Å²) in [5.41, 5.74) is 7.73. The molecule has 0 radical (unpaired) electrons. The van der Waals surface area contributed by atoms with Crippen LogP contribution in [0.1, 0.15) is 11.1 Å². The zero-order chi connectivity index (χ0) is 10.8. The third-order valence-corrected chi connectivity index (χ3v) is 2.88. The van der Waals surface area contributed by atoms with Crippen LogP contribution < -0.4 is 5.73 Å². The van der Waals surface area contributed by atoms with E-state index in [4.69, 9.17) is 5.73 Å². The first kappa shape index (κ1) is 10.5. The van der Waals surface area contributed by atoms with Gasteiger partial charge in [-0.2, -0.15) is 12.6 Å². The monoisotopic (exact) mass is 224 g/mol. The lowest BCUT2D eigenvalue weighted by Gasteiger charge is -2.01. The molecule has 0 atom stereocenters. The molecule has 2 nitrogen and oxygen atoms in total. The van der Waals surface area contributed by atoms with Gasteiger partial charge < -0.3 is 10.7 Å². The Morgan fingerprint density at radius 1 is 1.33 bits per heavy atom. The summed E-state index contributed by atoms with van der Waals surface area (Å²) >= 11 is 4.08. The highest BCUT2D eigenvalue weighted by Gasteiger charge is 2.10. The minimum absolute atomic E-state index is 0.203. The van der Waals surface area contributed by atoms with E-state index in [1.807, 2.05) is 12.3 Å². The fraction of sp³-hybridized carbons (Fsp3) is 0.273. The van der Waals surface area contributed by atoms with Gasteiger partial charge in [-0.3, -0.25) is 0 Å². The maximum atomic E-state index is 13.8. The first-order chi connectivity index (χ1) is 7.27. The van der Waals surface area contributed by atoms with E-state index in [2.05, 4.69) is 17.6 Å². The van der Waals surface area contributed by atoms with E-state index in [1.54, 1.807) is 6.07 Å². The van der Waals surface area contributed by atoms with Crippen LogP contribution in [0.15, 0.2) is 18.3 Å². The standard InChI is InChI=1S/C11H13FN2S/c12-10-8(6-15)1-2-9-7(3-4-13)5-14-11(9)10/h1-2,5,14-15H,3-4,6,13H2. The highest BCUT2D eigenvalue weighted by molar-refractivity contribution is 7.79. The second kappa shape index (κ2) is 4.24. The Morgan fingerprint density at radius 2 is 2.13 bits per heavy atom. The van der Waals surface area contributed by atoms with Crippen molar-refractivity contribution in [1.29, 1.82) is 0 Å². The zero-order valence-electron chi connectivity index (χ0n) is 8.26. The molecule has 15 heavy (non-hydrogen) atoms. The van der Waals surface area contributed by atoms with Crippen molar-refractivity contribution in [3.63, 3.8) is 0 Å². The van der Waals surface area contributed by atoms with E-state index in [1.165, 1.54) is 0 Å². The lowest BCUT2D eigenvalue weighted by molar-refractivity contribution is 0.627. The number of nitrogens with one attached hydrogen (secondary N) is 1. The molecular formula is C11H13FN2S. The van der Waals surface area contributed by atoms with Crippen LogP contribution in [0, 0.1) is 5.82 Å². The maximum absolute atomic E-state index is 13.8. The quantitative estimate of drug-likeness (QED) is 0.688. The summed E-state index contributed by atoms with van der Waals surface area (Å²) < 4.78 is 13.8. The Hall–Kier alpha value is -1.00. The molecular weight excluding hydrogens is 211 g/mol. The van der Waals surface area contributed by atoms with Crippen molar-refractivity contribution < 1.29 is 4.39 Å². The Balaban J connectivity index is 2.60. The van der Waals surface area contributed by atoms with Crippen molar-refractivity contribution >= 4 is 23.5 Å². The Bertz CT molecular complexity index is 479. The first-order valence-corrected chi connectivity index (χ1v) is 5.49. The van der Waals surface area contributed by atoms with E-state index in [0.29, 0.717) is 23.4 Å². The number of H-pyrrole nitrogens is 1. The summed E-state index contributed by atoms with van der Waals surface area (Å²) in [5, 5.41) is 0.920. The molecule has 0 fully saturated rings. The Labute approximate surface area is 93.1 Å². The highest BCUT2D eigenvalue weighted by atomic mass is 32.1. The summed E-state index contributed by atoms with van der Waals surface area (Å²) in [5.74, 6) is 0.207. The minimum atomic E-state index is -0.203. The van der Waals surface area contributed by atoms with Crippen molar-refractivity contribution in [1.82, 2.24) is 4.98 Å². The largest absolute Gasteiger partial charge is 0.359 e. The fourth-order valence-electron chi connectivity index (χ4n) is 1.75. The van der Waals surface area contributed by atoms with Crippen LogP contribution in [-0.4, -0.2) is 11.5 Å². The van der Waals surface area contributed by atoms with Gasteiger partial charge in [0.05, 0.1) is 5.52 Å². The Kier molecular flexibility index (Phi) is 2.98. The predicted octanol–water partition coefficient (Wildman–Crippen LogP) is 2.24. The molecule has 2 aromatic rings. The van der Waals surface area contributed by atoms with Gasteiger partial charge in [-0.1, -0.05) is 12.1 Å². The SMILES string of the molecule is NCCc1c[nH]c2c(F)c(CS)ccc12. The van der Waals surface area contributed by atoms with E-state index >= 15 is 0 Å². The molecule has 80 valence electrons. The molecule has 0 aliphatic heterocycles. The lowest BCUT2D eigenvalue weighted by atomic mass is 10.1. The molecule has 0 saturated heterocycles. The van der Waals surface area contributed by atoms with Gasteiger partial charge in [0.25, 0.3) is 0 Å². The van der Waals surface area contributed by atoms with Crippen molar-refractivity contribution in [2.75, 3.05) is 6.54 Å². The van der Waals surface area contributed by atoms with E-state index in [9.17, 15) is 4.39 Å². The summed E-state index contributed by atoms with van der Waals surface area (Å²) in [6.45, 7) is 0.572. The van der Waals surface area contributed by atoms with E-state index in [-0.39, 0.29) is 5.82 Å². The second-order valence-corrected chi connectivity index (χ2v) is 3.79. The molecule has 0 aliphatic carbocycles. The third kappa shape index (κ3) is 1.75. The smallest absolute Gasteiger partial charge is 0.151 e. The number of hydrogen-bond donors (Lipinski definition) is 3. The van der Waals surface area contributed by atoms with Gasteiger partial charge in [-0.25, -0.2) is 4.39 Å². The summed E-state index contributed by atoms with van der Waals surface area (Å²) in [4.78, 5) is 2.95. The van der Waals surface area contributed by atoms with Gasteiger partial charge in [0.2, 0.25) is 0 Å². The molecule has 0 bridgehead atoms. The topological polar surface area (TPSA) is 41.8 Å². The number of benzene rings is 1. The van der Waals surface area contributed by atoms with Gasteiger partial charge in [0, 0.05) is 17.3 Å². The van der Waals surface area contributed by atoms with E-state index < -0.39 is 0 Å². The van der Waals surface area contributed by atoms with Gasteiger partial charge in [0.1, 0.15) is 0 Å². The van der Waals surface area contributed by atoms with Crippen LogP contribution in [0.25, 0.3) is 10.9 Å². The number of aromatic nitrogens is 1. The Morgan fingerprint density at radius 3 is 2.80 bits per heavy atom. The average molecular weight is 224 g/mol. The summed E-state index contributed by atoms with van der Waals surface area (Å²) in [6.07, 6.45) is 2.59. The lowest BCUT2D eigenvalue weighted by Crippen LogP contribution is -2.01. The maximum Gasteiger partial charge on any atom is 0.151 e.